The van der Waals surface area contributed by atoms with Crippen molar-refractivity contribution >= 4 is 0 Å². The van der Waals surface area contributed by atoms with Gasteiger partial charge in [0.05, 0.1) is 6.10 Å². The Morgan fingerprint density at radius 1 is 1.10 bits per heavy atom. The highest BCUT2D eigenvalue weighted by atomic mass is 16.3. The Bertz CT molecular complexity index is 690. The molecule has 0 bridgehead atoms. The van der Waals surface area contributed by atoms with Crippen LogP contribution in [0.3, 0.4) is 0 Å². The molecule has 0 aliphatic heterocycles. The quantitative estimate of drug-likeness (QED) is 0.370. The Kier molecular flexibility index (Phi) is 8.56. The molecular weight excluding hydrogens is 354 g/mol. The van der Waals surface area contributed by atoms with Crippen LogP contribution in [0.25, 0.3) is 0 Å². The van der Waals surface area contributed by atoms with E-state index < -0.39 is 0 Å². The standard InChI is InChI=1S/C27H41NO/c1-21-11-10-14-22(17-21)12-7-8-15-25-26-19-23(18-24(26)20-27(25)29)13-6-4-5-9-16-28(2)3/h8,10-11,14-15,17-18,24-27,29H,4-7,9,12-13,16,19-20H2,1-3H3/t24-,25+,26-,27+/m0/s1. The van der Waals surface area contributed by atoms with Crippen molar-refractivity contribution < 1.29 is 5.11 Å². The smallest absolute Gasteiger partial charge is 0.0611 e. The first kappa shape index (κ1) is 22.3. The maximum atomic E-state index is 10.6. The second kappa shape index (κ2) is 11.1. The first-order valence-electron chi connectivity index (χ1n) is 11.8. The summed E-state index contributed by atoms with van der Waals surface area (Å²) in [4.78, 5) is 2.28. The lowest BCUT2D eigenvalue weighted by Crippen LogP contribution is -2.17. The highest BCUT2D eigenvalue weighted by Crippen LogP contribution is 2.48. The van der Waals surface area contributed by atoms with Crippen molar-refractivity contribution in [2.75, 3.05) is 20.6 Å². The van der Waals surface area contributed by atoms with Gasteiger partial charge in [-0.1, -0.05) is 66.5 Å². The van der Waals surface area contributed by atoms with Crippen molar-refractivity contribution in [2.45, 2.75) is 70.8 Å². The Hall–Kier alpha value is -1.38. The second-order valence-corrected chi connectivity index (χ2v) is 9.66. The van der Waals surface area contributed by atoms with Crippen LogP contribution < -0.4 is 0 Å². The number of nitrogens with zero attached hydrogens (tertiary/aromatic N) is 1. The van der Waals surface area contributed by atoms with Gasteiger partial charge in [-0.3, -0.25) is 0 Å². The molecule has 0 radical (unpaired) electrons. The van der Waals surface area contributed by atoms with E-state index in [0.29, 0.717) is 17.8 Å². The summed E-state index contributed by atoms with van der Waals surface area (Å²) in [5, 5.41) is 10.6. The normalized spacial score (nSPS) is 26.4. The molecule has 0 amide bonds. The third-order valence-electron chi connectivity index (χ3n) is 6.84. The molecule has 29 heavy (non-hydrogen) atoms. The molecule has 2 heteroatoms. The maximum absolute atomic E-state index is 10.6. The lowest BCUT2D eigenvalue weighted by atomic mass is 9.88. The van der Waals surface area contributed by atoms with Gasteiger partial charge in [-0.2, -0.15) is 0 Å². The van der Waals surface area contributed by atoms with E-state index in [1.807, 2.05) is 0 Å². The summed E-state index contributed by atoms with van der Waals surface area (Å²) in [6.45, 7) is 3.37. The van der Waals surface area contributed by atoms with E-state index in [4.69, 9.17) is 0 Å². The zero-order valence-electron chi connectivity index (χ0n) is 18.8. The largest absolute Gasteiger partial charge is 0.392 e. The van der Waals surface area contributed by atoms with E-state index in [0.717, 1.165) is 19.3 Å². The van der Waals surface area contributed by atoms with Crippen molar-refractivity contribution in [1.82, 2.24) is 4.90 Å². The van der Waals surface area contributed by atoms with Crippen molar-refractivity contribution in [3.63, 3.8) is 0 Å². The zero-order valence-corrected chi connectivity index (χ0v) is 18.8. The van der Waals surface area contributed by atoms with E-state index in [9.17, 15) is 5.11 Å². The molecule has 3 rings (SSSR count). The second-order valence-electron chi connectivity index (χ2n) is 9.66. The van der Waals surface area contributed by atoms with Gasteiger partial charge in [0.25, 0.3) is 0 Å². The van der Waals surface area contributed by atoms with Crippen molar-refractivity contribution in [3.8, 4) is 0 Å². The average molecular weight is 396 g/mol. The summed E-state index contributed by atoms with van der Waals surface area (Å²) >= 11 is 0. The lowest BCUT2D eigenvalue weighted by molar-refractivity contribution is 0.141. The minimum Gasteiger partial charge on any atom is -0.392 e. The fourth-order valence-corrected chi connectivity index (χ4v) is 5.30. The molecular formula is C27H41NO. The zero-order chi connectivity index (χ0) is 20.6. The summed E-state index contributed by atoms with van der Waals surface area (Å²) in [6.07, 6.45) is 18.0. The van der Waals surface area contributed by atoms with Gasteiger partial charge in [0, 0.05) is 5.92 Å². The highest BCUT2D eigenvalue weighted by molar-refractivity contribution is 5.23. The number of unbranched alkanes of at least 4 members (excludes halogenated alkanes) is 3. The Balaban J connectivity index is 1.39. The van der Waals surface area contributed by atoms with Gasteiger partial charge in [0.1, 0.15) is 0 Å². The number of hydrogen-bond donors (Lipinski definition) is 1. The number of hydrogen-bond acceptors (Lipinski definition) is 2. The molecule has 2 aliphatic rings. The van der Waals surface area contributed by atoms with E-state index >= 15 is 0 Å². The predicted molar refractivity (Wildman–Crippen MR) is 124 cm³/mol. The molecule has 160 valence electrons. The maximum Gasteiger partial charge on any atom is 0.0611 e. The van der Waals surface area contributed by atoms with E-state index in [1.54, 1.807) is 5.57 Å². The molecule has 1 fully saturated rings. The molecule has 0 unspecified atom stereocenters. The Morgan fingerprint density at radius 2 is 1.93 bits per heavy atom. The lowest BCUT2D eigenvalue weighted by Gasteiger charge is -2.18. The summed E-state index contributed by atoms with van der Waals surface area (Å²) in [5.41, 5.74) is 4.41. The van der Waals surface area contributed by atoms with Crippen LogP contribution in [0.4, 0.5) is 0 Å². The molecule has 2 aliphatic carbocycles. The number of aliphatic hydroxyl groups excluding tert-OH is 1. The van der Waals surface area contributed by atoms with Gasteiger partial charge >= 0.3 is 0 Å². The first-order valence-corrected chi connectivity index (χ1v) is 11.8. The SMILES string of the molecule is Cc1cccc(CCC=C[C@@H]2[C@H]3CC(CCCCCCN(C)C)=C[C@H]3C[C@H]2O)c1. The van der Waals surface area contributed by atoms with Crippen molar-refractivity contribution in [3.05, 3.63) is 59.2 Å². The average Bonchev–Trinajstić information content (AvgIpc) is 3.18. The van der Waals surface area contributed by atoms with Gasteiger partial charge < -0.3 is 10.0 Å². The van der Waals surface area contributed by atoms with E-state index in [-0.39, 0.29) is 6.10 Å². The molecule has 0 heterocycles. The number of allylic oxidation sites excluding steroid dienone is 3. The minimum atomic E-state index is -0.149. The summed E-state index contributed by atoms with van der Waals surface area (Å²) in [7, 11) is 4.31. The summed E-state index contributed by atoms with van der Waals surface area (Å²) < 4.78 is 0. The highest BCUT2D eigenvalue weighted by Gasteiger charge is 2.42. The van der Waals surface area contributed by atoms with Gasteiger partial charge in [-0.15, -0.1) is 0 Å². The third kappa shape index (κ3) is 6.83. The topological polar surface area (TPSA) is 23.5 Å². The van der Waals surface area contributed by atoms with E-state index in [1.165, 1.54) is 56.2 Å². The van der Waals surface area contributed by atoms with Gasteiger partial charge in [-0.05, 0) is 89.9 Å². The molecule has 1 N–H and O–H groups in total. The fourth-order valence-electron chi connectivity index (χ4n) is 5.30. The van der Waals surface area contributed by atoms with Crippen LogP contribution in [0.1, 0.15) is 62.5 Å². The van der Waals surface area contributed by atoms with Crippen molar-refractivity contribution in [2.24, 2.45) is 17.8 Å². The number of aliphatic hydroxyl groups is 1. The van der Waals surface area contributed by atoms with Crippen LogP contribution in [0.5, 0.6) is 0 Å². The molecule has 4 atom stereocenters. The van der Waals surface area contributed by atoms with Crippen LogP contribution in [0.2, 0.25) is 0 Å². The summed E-state index contributed by atoms with van der Waals surface area (Å²) in [6, 6.07) is 8.80. The van der Waals surface area contributed by atoms with Crippen LogP contribution >= 0.6 is 0 Å². The number of benzene rings is 1. The molecule has 1 aromatic rings. The van der Waals surface area contributed by atoms with Gasteiger partial charge in [0.15, 0.2) is 0 Å². The van der Waals surface area contributed by atoms with Crippen LogP contribution in [0.15, 0.2) is 48.1 Å². The molecule has 2 nitrogen and oxygen atoms in total. The Morgan fingerprint density at radius 3 is 2.72 bits per heavy atom. The third-order valence-corrected chi connectivity index (χ3v) is 6.84. The summed E-state index contributed by atoms with van der Waals surface area (Å²) in [5.74, 6) is 1.61. The predicted octanol–water partition coefficient (Wildman–Crippen LogP) is 5.94. The first-order chi connectivity index (χ1) is 14.0. The van der Waals surface area contributed by atoms with Gasteiger partial charge in [-0.25, -0.2) is 0 Å². The molecule has 1 aromatic carbocycles. The van der Waals surface area contributed by atoms with Gasteiger partial charge in [0.2, 0.25) is 0 Å². The van der Waals surface area contributed by atoms with Crippen LogP contribution in [0, 0.1) is 24.7 Å². The molecule has 1 saturated carbocycles. The molecule has 0 spiro atoms. The number of rotatable bonds is 11. The molecule has 0 saturated heterocycles. The monoisotopic (exact) mass is 395 g/mol. The van der Waals surface area contributed by atoms with Crippen LogP contribution in [-0.2, 0) is 6.42 Å². The number of fused-ring (bicyclic) bond motifs is 1. The molecule has 0 aromatic heterocycles. The fraction of sp³-hybridized carbons (Fsp3) is 0.630. The van der Waals surface area contributed by atoms with Crippen LogP contribution in [-0.4, -0.2) is 36.8 Å². The minimum absolute atomic E-state index is 0.149. The Labute approximate surface area is 178 Å². The van der Waals surface area contributed by atoms with Crippen molar-refractivity contribution in [1.29, 1.82) is 0 Å². The van der Waals surface area contributed by atoms with E-state index in [2.05, 4.69) is 68.4 Å². The number of aryl methyl sites for hydroxylation is 2.